The maximum Gasteiger partial charge on any atom is 0.243 e. The highest BCUT2D eigenvalue weighted by Crippen LogP contribution is 2.22. The van der Waals surface area contributed by atoms with Crippen molar-refractivity contribution in [2.24, 2.45) is 0 Å². The Balaban J connectivity index is 2.15. The van der Waals surface area contributed by atoms with Gasteiger partial charge in [0.2, 0.25) is 10.0 Å². The summed E-state index contributed by atoms with van der Waals surface area (Å²) < 4.78 is 27.0. The molecule has 1 saturated heterocycles. The van der Waals surface area contributed by atoms with Crippen LogP contribution >= 0.6 is 15.9 Å². The monoisotopic (exact) mass is 360 g/mol. The van der Waals surface area contributed by atoms with E-state index in [0.29, 0.717) is 18.0 Å². The lowest BCUT2D eigenvalue weighted by molar-refractivity contribution is 0.198. The van der Waals surface area contributed by atoms with Gasteiger partial charge in [-0.3, -0.25) is 4.90 Å². The van der Waals surface area contributed by atoms with Gasteiger partial charge in [-0.25, -0.2) is 8.42 Å². The Morgan fingerprint density at radius 2 is 1.80 bits per heavy atom. The predicted molar refractivity (Wildman–Crippen MR) is 84.9 cm³/mol. The highest BCUT2D eigenvalue weighted by molar-refractivity contribution is 9.09. The number of rotatable bonds is 4. The van der Waals surface area contributed by atoms with Crippen molar-refractivity contribution in [3.05, 3.63) is 29.3 Å². The molecule has 6 heteroatoms. The summed E-state index contributed by atoms with van der Waals surface area (Å²) in [5, 5.41) is 0.927. The molecule has 0 spiro atoms. The molecule has 1 heterocycles. The number of hydrogen-bond donors (Lipinski definition) is 0. The Hall–Kier alpha value is -0.430. The van der Waals surface area contributed by atoms with Crippen molar-refractivity contribution in [1.82, 2.24) is 9.21 Å². The van der Waals surface area contributed by atoms with Gasteiger partial charge in [0.05, 0.1) is 4.90 Å². The highest BCUT2D eigenvalue weighted by Gasteiger charge is 2.29. The van der Waals surface area contributed by atoms with Gasteiger partial charge in [-0.15, -0.1) is 0 Å². The van der Waals surface area contributed by atoms with Crippen LogP contribution in [0.5, 0.6) is 0 Å². The van der Waals surface area contributed by atoms with Crippen LogP contribution in [0.2, 0.25) is 0 Å². The van der Waals surface area contributed by atoms with E-state index in [1.165, 1.54) is 0 Å². The molecule has 1 aromatic carbocycles. The lowest BCUT2D eigenvalue weighted by Gasteiger charge is -2.33. The zero-order chi connectivity index (χ0) is 14.8. The van der Waals surface area contributed by atoms with E-state index in [2.05, 4.69) is 20.8 Å². The summed E-state index contributed by atoms with van der Waals surface area (Å²) in [6, 6.07) is 5.51. The summed E-state index contributed by atoms with van der Waals surface area (Å²) in [4.78, 5) is 2.72. The van der Waals surface area contributed by atoms with Crippen LogP contribution in [-0.2, 0) is 10.0 Å². The van der Waals surface area contributed by atoms with Gasteiger partial charge in [-0.1, -0.05) is 33.6 Å². The zero-order valence-electron chi connectivity index (χ0n) is 12.0. The second-order valence-corrected chi connectivity index (χ2v) is 7.90. The van der Waals surface area contributed by atoms with Gasteiger partial charge in [-0.2, -0.15) is 4.31 Å². The Morgan fingerprint density at radius 3 is 2.35 bits per heavy atom. The van der Waals surface area contributed by atoms with Crippen LogP contribution in [0.4, 0.5) is 0 Å². The molecule has 0 aromatic heterocycles. The van der Waals surface area contributed by atoms with E-state index < -0.39 is 10.0 Å². The molecule has 0 atom stereocenters. The first kappa shape index (κ1) is 15.9. The maximum atomic E-state index is 12.7. The van der Waals surface area contributed by atoms with Crippen molar-refractivity contribution >= 4 is 26.0 Å². The zero-order valence-corrected chi connectivity index (χ0v) is 14.4. The van der Waals surface area contributed by atoms with Crippen LogP contribution in [0.25, 0.3) is 0 Å². The molecule has 0 bridgehead atoms. The van der Waals surface area contributed by atoms with E-state index >= 15 is 0 Å². The Kier molecular flexibility index (Phi) is 5.23. The van der Waals surface area contributed by atoms with Crippen LogP contribution in [0.15, 0.2) is 23.1 Å². The number of aryl methyl sites for hydroxylation is 2. The first-order valence-electron chi connectivity index (χ1n) is 6.81. The molecule has 0 aliphatic carbocycles. The Bertz CT molecular complexity index is 567. The Morgan fingerprint density at radius 1 is 1.15 bits per heavy atom. The number of nitrogens with zero attached hydrogens (tertiary/aromatic N) is 2. The number of piperazine rings is 1. The molecular formula is C14H21BrN2O2S. The van der Waals surface area contributed by atoms with Crippen LogP contribution in [0.1, 0.15) is 11.1 Å². The van der Waals surface area contributed by atoms with Crippen LogP contribution in [0, 0.1) is 13.8 Å². The third-order valence-electron chi connectivity index (χ3n) is 3.68. The third kappa shape index (κ3) is 3.42. The third-order valence-corrected chi connectivity index (χ3v) is 6.09. The van der Waals surface area contributed by atoms with Crippen molar-refractivity contribution in [3.8, 4) is 0 Å². The standard InChI is InChI=1S/C14H21BrN2O2S/c1-12-3-4-14(13(2)11-12)20(18,19)17-9-7-16(6-5-15)8-10-17/h3-4,11H,5-10H2,1-2H3. The molecule has 0 unspecified atom stereocenters. The summed E-state index contributed by atoms with van der Waals surface area (Å²) >= 11 is 3.42. The number of benzene rings is 1. The molecule has 20 heavy (non-hydrogen) atoms. The second-order valence-electron chi connectivity index (χ2n) is 5.20. The molecule has 0 radical (unpaired) electrons. The minimum absolute atomic E-state index is 0.442. The molecule has 1 fully saturated rings. The van der Waals surface area contributed by atoms with Crippen molar-refractivity contribution in [1.29, 1.82) is 0 Å². The van der Waals surface area contributed by atoms with E-state index in [0.717, 1.165) is 36.1 Å². The summed E-state index contributed by atoms with van der Waals surface area (Å²) in [5.41, 5.74) is 1.91. The smallest absolute Gasteiger partial charge is 0.243 e. The summed E-state index contributed by atoms with van der Waals surface area (Å²) in [6.45, 7) is 7.55. The molecule has 4 nitrogen and oxygen atoms in total. The molecule has 112 valence electrons. The summed E-state index contributed by atoms with van der Waals surface area (Å²) in [6.07, 6.45) is 0. The molecule has 1 aliphatic heterocycles. The number of hydrogen-bond acceptors (Lipinski definition) is 3. The van der Waals surface area contributed by atoms with Crippen molar-refractivity contribution in [3.63, 3.8) is 0 Å². The average molecular weight is 361 g/mol. The van der Waals surface area contributed by atoms with Crippen LogP contribution in [0.3, 0.4) is 0 Å². The fourth-order valence-corrected chi connectivity index (χ4v) is 4.67. The molecule has 0 N–H and O–H groups in total. The van der Waals surface area contributed by atoms with Gasteiger partial charge < -0.3 is 0 Å². The van der Waals surface area contributed by atoms with Crippen LogP contribution < -0.4 is 0 Å². The first-order chi connectivity index (χ1) is 9.45. The van der Waals surface area contributed by atoms with Gasteiger partial charge in [0, 0.05) is 38.1 Å². The van der Waals surface area contributed by atoms with E-state index in [-0.39, 0.29) is 0 Å². The highest BCUT2D eigenvalue weighted by atomic mass is 79.9. The molecule has 0 saturated carbocycles. The lowest BCUT2D eigenvalue weighted by atomic mass is 10.2. The van der Waals surface area contributed by atoms with Gasteiger partial charge in [0.1, 0.15) is 0 Å². The van der Waals surface area contributed by atoms with E-state index in [9.17, 15) is 8.42 Å². The lowest BCUT2D eigenvalue weighted by Crippen LogP contribution is -2.49. The SMILES string of the molecule is Cc1ccc(S(=O)(=O)N2CCN(CCBr)CC2)c(C)c1. The summed E-state index contributed by atoms with van der Waals surface area (Å²) in [5.74, 6) is 0. The molecule has 2 rings (SSSR count). The second kappa shape index (κ2) is 6.56. The fraction of sp³-hybridized carbons (Fsp3) is 0.571. The normalized spacial score (nSPS) is 18.4. The van der Waals surface area contributed by atoms with Crippen molar-refractivity contribution in [2.75, 3.05) is 38.1 Å². The van der Waals surface area contributed by atoms with E-state index in [1.54, 1.807) is 10.4 Å². The van der Waals surface area contributed by atoms with E-state index in [4.69, 9.17) is 0 Å². The average Bonchev–Trinajstić information content (AvgIpc) is 2.39. The maximum absolute atomic E-state index is 12.7. The first-order valence-corrected chi connectivity index (χ1v) is 9.37. The number of alkyl halides is 1. The van der Waals surface area contributed by atoms with Gasteiger partial charge >= 0.3 is 0 Å². The number of halogens is 1. The van der Waals surface area contributed by atoms with Gasteiger partial charge in [0.15, 0.2) is 0 Å². The topological polar surface area (TPSA) is 40.6 Å². The van der Waals surface area contributed by atoms with Crippen LogP contribution in [-0.4, -0.2) is 55.7 Å². The Labute approximate surface area is 129 Å². The van der Waals surface area contributed by atoms with E-state index in [1.807, 2.05) is 26.0 Å². The predicted octanol–water partition coefficient (Wildman–Crippen LogP) is 2.00. The molecular weight excluding hydrogens is 340 g/mol. The fourth-order valence-electron chi connectivity index (χ4n) is 2.54. The minimum Gasteiger partial charge on any atom is -0.300 e. The van der Waals surface area contributed by atoms with Crippen molar-refractivity contribution < 1.29 is 8.42 Å². The van der Waals surface area contributed by atoms with Gasteiger partial charge in [-0.05, 0) is 25.5 Å². The number of sulfonamides is 1. The molecule has 1 aliphatic rings. The molecule has 1 aromatic rings. The summed E-state index contributed by atoms with van der Waals surface area (Å²) in [7, 11) is -3.35. The quantitative estimate of drug-likeness (QED) is 0.771. The van der Waals surface area contributed by atoms with Crippen molar-refractivity contribution in [2.45, 2.75) is 18.7 Å². The largest absolute Gasteiger partial charge is 0.300 e. The van der Waals surface area contributed by atoms with Gasteiger partial charge in [0.25, 0.3) is 0 Å². The molecule has 0 amide bonds. The minimum atomic E-state index is -3.35.